The van der Waals surface area contributed by atoms with Crippen LogP contribution >= 0.6 is 0 Å². The Labute approximate surface area is 162 Å². The minimum atomic E-state index is -0.0931. The zero-order valence-electron chi connectivity index (χ0n) is 16.5. The number of nitrogens with one attached hydrogen (secondary N) is 1. The third-order valence-corrected chi connectivity index (χ3v) is 4.45. The van der Waals surface area contributed by atoms with Gasteiger partial charge in [0.15, 0.2) is 11.5 Å². The first-order valence-electron chi connectivity index (χ1n) is 9.79. The van der Waals surface area contributed by atoms with Crippen LogP contribution in [0.15, 0.2) is 24.3 Å². The molecule has 1 N–H and O–H groups in total. The molecular formula is C21H32N2O4. The van der Waals surface area contributed by atoms with Crippen molar-refractivity contribution < 1.29 is 19.0 Å². The maximum atomic E-state index is 12.0. The standard InChI is InChI=1S/C21H32N2O4/c1-3-4-5-14-27-20-17-18(6-8-19(20)25-2)7-9-21(24)22-10-11-23-12-15-26-16-13-23/h6-9,17H,3-5,10-16H2,1-2H3,(H,22,24). The molecule has 0 aromatic heterocycles. The number of hydrogen-bond donors (Lipinski definition) is 1. The molecule has 1 aliphatic rings. The number of amides is 1. The molecule has 0 radical (unpaired) electrons. The second-order valence-electron chi connectivity index (χ2n) is 6.54. The van der Waals surface area contributed by atoms with Gasteiger partial charge < -0.3 is 19.5 Å². The second-order valence-corrected chi connectivity index (χ2v) is 6.54. The van der Waals surface area contributed by atoms with Crippen molar-refractivity contribution in [1.29, 1.82) is 0 Å². The fourth-order valence-corrected chi connectivity index (χ4v) is 2.84. The predicted molar refractivity (Wildman–Crippen MR) is 107 cm³/mol. The quantitative estimate of drug-likeness (QED) is 0.475. The summed E-state index contributed by atoms with van der Waals surface area (Å²) in [5, 5.41) is 2.92. The highest BCUT2D eigenvalue weighted by atomic mass is 16.5. The van der Waals surface area contributed by atoms with E-state index in [1.54, 1.807) is 19.3 Å². The van der Waals surface area contributed by atoms with Gasteiger partial charge in [0.05, 0.1) is 26.9 Å². The number of ether oxygens (including phenoxy) is 3. The van der Waals surface area contributed by atoms with Crippen molar-refractivity contribution in [2.75, 3.05) is 53.1 Å². The highest BCUT2D eigenvalue weighted by Gasteiger charge is 2.09. The molecule has 1 aromatic carbocycles. The largest absolute Gasteiger partial charge is 0.493 e. The minimum Gasteiger partial charge on any atom is -0.493 e. The maximum absolute atomic E-state index is 12.0. The van der Waals surface area contributed by atoms with Gasteiger partial charge >= 0.3 is 0 Å². The lowest BCUT2D eigenvalue weighted by Gasteiger charge is -2.26. The first-order valence-corrected chi connectivity index (χ1v) is 9.79. The molecule has 6 nitrogen and oxygen atoms in total. The SMILES string of the molecule is CCCCCOc1cc(C=CC(=O)NCCN2CCOCC2)ccc1OC. The first-order chi connectivity index (χ1) is 13.2. The number of unbranched alkanes of at least 4 members (excludes halogenated alkanes) is 2. The van der Waals surface area contributed by atoms with Crippen molar-refractivity contribution >= 4 is 12.0 Å². The minimum absolute atomic E-state index is 0.0931. The molecule has 1 saturated heterocycles. The smallest absolute Gasteiger partial charge is 0.244 e. The summed E-state index contributed by atoms with van der Waals surface area (Å²) >= 11 is 0. The van der Waals surface area contributed by atoms with E-state index in [2.05, 4.69) is 17.1 Å². The summed E-state index contributed by atoms with van der Waals surface area (Å²) in [6, 6.07) is 5.68. The molecule has 1 amide bonds. The third-order valence-electron chi connectivity index (χ3n) is 4.45. The van der Waals surface area contributed by atoms with Gasteiger partial charge in [0.25, 0.3) is 0 Å². The van der Waals surface area contributed by atoms with E-state index in [9.17, 15) is 4.79 Å². The van der Waals surface area contributed by atoms with Gasteiger partial charge in [0.1, 0.15) is 0 Å². The number of benzene rings is 1. The van der Waals surface area contributed by atoms with Gasteiger partial charge in [0.2, 0.25) is 5.91 Å². The fourth-order valence-electron chi connectivity index (χ4n) is 2.84. The van der Waals surface area contributed by atoms with Gasteiger partial charge in [-0.05, 0) is 30.2 Å². The Bertz CT molecular complexity index is 598. The van der Waals surface area contributed by atoms with Crippen LogP contribution < -0.4 is 14.8 Å². The Kier molecular flexibility index (Phi) is 9.73. The molecule has 0 saturated carbocycles. The van der Waals surface area contributed by atoms with Crippen LogP contribution in [0, 0.1) is 0 Å². The van der Waals surface area contributed by atoms with Gasteiger partial charge in [-0.25, -0.2) is 0 Å². The monoisotopic (exact) mass is 376 g/mol. The molecule has 0 unspecified atom stereocenters. The summed E-state index contributed by atoms with van der Waals surface area (Å²) in [6.45, 7) is 7.72. The molecule has 0 atom stereocenters. The number of carbonyl (C=O) groups is 1. The molecule has 6 heteroatoms. The molecule has 1 heterocycles. The Hall–Kier alpha value is -2.05. The van der Waals surface area contributed by atoms with Gasteiger partial charge in [-0.3, -0.25) is 9.69 Å². The summed E-state index contributed by atoms with van der Waals surface area (Å²) in [5.41, 5.74) is 0.907. The van der Waals surface area contributed by atoms with Crippen LogP contribution in [-0.2, 0) is 9.53 Å². The van der Waals surface area contributed by atoms with Crippen molar-refractivity contribution in [2.24, 2.45) is 0 Å². The molecule has 2 rings (SSSR count). The number of nitrogens with zero attached hydrogens (tertiary/aromatic N) is 1. The average Bonchev–Trinajstić information content (AvgIpc) is 2.70. The summed E-state index contributed by atoms with van der Waals surface area (Å²) in [4.78, 5) is 14.3. The van der Waals surface area contributed by atoms with Gasteiger partial charge in [-0.2, -0.15) is 0 Å². The molecule has 1 aliphatic heterocycles. The number of rotatable bonds is 11. The Morgan fingerprint density at radius 3 is 2.81 bits per heavy atom. The van der Waals surface area contributed by atoms with Crippen molar-refractivity contribution in [1.82, 2.24) is 10.2 Å². The molecular weight excluding hydrogens is 344 g/mol. The molecule has 1 aromatic rings. The number of morpholine rings is 1. The van der Waals surface area contributed by atoms with E-state index in [1.165, 1.54) is 0 Å². The van der Waals surface area contributed by atoms with Crippen molar-refractivity contribution in [3.05, 3.63) is 29.8 Å². The lowest BCUT2D eigenvalue weighted by atomic mass is 10.2. The highest BCUT2D eigenvalue weighted by molar-refractivity contribution is 5.91. The average molecular weight is 376 g/mol. The van der Waals surface area contributed by atoms with Crippen LogP contribution in [0.4, 0.5) is 0 Å². The highest BCUT2D eigenvalue weighted by Crippen LogP contribution is 2.28. The fraction of sp³-hybridized carbons (Fsp3) is 0.571. The van der Waals surface area contributed by atoms with Crippen LogP contribution in [0.2, 0.25) is 0 Å². The Balaban J connectivity index is 1.80. The Morgan fingerprint density at radius 2 is 2.07 bits per heavy atom. The Morgan fingerprint density at radius 1 is 1.26 bits per heavy atom. The van der Waals surface area contributed by atoms with E-state index < -0.39 is 0 Å². The molecule has 150 valence electrons. The molecule has 0 bridgehead atoms. The zero-order valence-corrected chi connectivity index (χ0v) is 16.5. The normalized spacial score (nSPS) is 15.0. The second kappa shape index (κ2) is 12.4. The zero-order chi connectivity index (χ0) is 19.3. The van der Waals surface area contributed by atoms with Crippen LogP contribution in [0.3, 0.4) is 0 Å². The summed E-state index contributed by atoms with van der Waals surface area (Å²) in [5.74, 6) is 1.33. The maximum Gasteiger partial charge on any atom is 0.244 e. The van der Waals surface area contributed by atoms with E-state index >= 15 is 0 Å². The van der Waals surface area contributed by atoms with Crippen molar-refractivity contribution in [3.8, 4) is 11.5 Å². The molecule has 0 spiro atoms. The van der Waals surface area contributed by atoms with E-state index in [1.807, 2.05) is 18.2 Å². The third kappa shape index (κ3) is 8.01. The van der Waals surface area contributed by atoms with Crippen LogP contribution in [0.1, 0.15) is 31.7 Å². The molecule has 27 heavy (non-hydrogen) atoms. The van der Waals surface area contributed by atoms with Crippen LogP contribution in [-0.4, -0.2) is 63.9 Å². The summed E-state index contributed by atoms with van der Waals surface area (Å²) in [6.07, 6.45) is 6.67. The van der Waals surface area contributed by atoms with E-state index in [4.69, 9.17) is 14.2 Å². The van der Waals surface area contributed by atoms with E-state index in [0.717, 1.165) is 57.7 Å². The van der Waals surface area contributed by atoms with E-state index in [-0.39, 0.29) is 5.91 Å². The van der Waals surface area contributed by atoms with Crippen LogP contribution in [0.5, 0.6) is 11.5 Å². The molecule has 0 aliphatic carbocycles. The van der Waals surface area contributed by atoms with Gasteiger partial charge in [0, 0.05) is 32.3 Å². The lowest BCUT2D eigenvalue weighted by Crippen LogP contribution is -2.41. The summed E-state index contributed by atoms with van der Waals surface area (Å²) < 4.78 is 16.5. The number of methoxy groups -OCH3 is 1. The molecule has 1 fully saturated rings. The van der Waals surface area contributed by atoms with E-state index in [0.29, 0.717) is 24.7 Å². The number of carbonyl (C=O) groups excluding carboxylic acids is 1. The summed E-state index contributed by atoms with van der Waals surface area (Å²) in [7, 11) is 1.63. The predicted octanol–water partition coefficient (Wildman–Crippen LogP) is 2.73. The van der Waals surface area contributed by atoms with Gasteiger partial charge in [-0.1, -0.05) is 25.8 Å². The first kappa shape index (κ1) is 21.3. The number of hydrogen-bond acceptors (Lipinski definition) is 5. The topological polar surface area (TPSA) is 60.0 Å². The van der Waals surface area contributed by atoms with Crippen molar-refractivity contribution in [2.45, 2.75) is 26.2 Å². The van der Waals surface area contributed by atoms with Crippen LogP contribution in [0.25, 0.3) is 6.08 Å². The van der Waals surface area contributed by atoms with Crippen molar-refractivity contribution in [3.63, 3.8) is 0 Å². The van der Waals surface area contributed by atoms with Gasteiger partial charge in [-0.15, -0.1) is 0 Å². The lowest BCUT2D eigenvalue weighted by molar-refractivity contribution is -0.116.